The van der Waals surface area contributed by atoms with Crippen LogP contribution in [0.2, 0.25) is 0 Å². The van der Waals surface area contributed by atoms with Gasteiger partial charge in [0.1, 0.15) is 10.7 Å². The Balaban J connectivity index is 2.97. The lowest BCUT2D eigenvalue weighted by atomic mass is 10.1. The Kier molecular flexibility index (Phi) is 5.91. The Morgan fingerprint density at radius 2 is 2.05 bits per heavy atom. The quantitative estimate of drug-likeness (QED) is 0.824. The maximum absolute atomic E-state index is 13.7. The minimum absolute atomic E-state index is 0.217. The second-order valence-corrected chi connectivity index (χ2v) is 7.30. The molecule has 1 aromatic carbocycles. The molecule has 0 radical (unpaired) electrons. The van der Waals surface area contributed by atoms with E-state index in [0.29, 0.717) is 10.9 Å². The number of hydrogen-bond donors (Lipinski definition) is 2. The Bertz CT molecular complexity index is 534. The van der Waals surface area contributed by atoms with Gasteiger partial charge in [0.2, 0.25) is 10.0 Å². The summed E-state index contributed by atoms with van der Waals surface area (Å²) < 4.78 is 40.5. The van der Waals surface area contributed by atoms with Gasteiger partial charge in [0.05, 0.1) is 6.61 Å². The summed E-state index contributed by atoms with van der Waals surface area (Å²) in [7, 11) is -3.97. The van der Waals surface area contributed by atoms with Crippen LogP contribution in [0.4, 0.5) is 4.39 Å². The molecule has 108 valence electrons. The number of aliphatic hydroxyl groups excluding tert-OH is 1. The fourth-order valence-corrected chi connectivity index (χ4v) is 3.34. The van der Waals surface area contributed by atoms with E-state index in [2.05, 4.69) is 20.7 Å². The van der Waals surface area contributed by atoms with Crippen molar-refractivity contribution in [2.75, 3.05) is 6.61 Å². The molecule has 0 aromatic heterocycles. The maximum atomic E-state index is 13.7. The van der Waals surface area contributed by atoms with Crippen molar-refractivity contribution in [1.82, 2.24) is 4.72 Å². The lowest BCUT2D eigenvalue weighted by Crippen LogP contribution is -2.38. The molecule has 0 saturated carbocycles. The van der Waals surface area contributed by atoms with Crippen LogP contribution in [0.5, 0.6) is 0 Å². The van der Waals surface area contributed by atoms with Gasteiger partial charge in [-0.1, -0.05) is 29.8 Å². The van der Waals surface area contributed by atoms with Gasteiger partial charge in [-0.2, -0.15) is 0 Å². The van der Waals surface area contributed by atoms with Crippen molar-refractivity contribution in [3.8, 4) is 0 Å². The van der Waals surface area contributed by atoms with Crippen LogP contribution in [0.1, 0.15) is 20.3 Å². The molecule has 1 rings (SSSR count). The summed E-state index contributed by atoms with van der Waals surface area (Å²) in [4.78, 5) is -0.419. The standard InChI is InChI=1S/C12H17BrFNO3S/c1-8(2)5-10(7-16)15-19(17,18)12-4-3-9(13)6-11(12)14/h3-4,6,8,10,15-16H,5,7H2,1-2H3. The molecule has 1 unspecified atom stereocenters. The van der Waals surface area contributed by atoms with E-state index >= 15 is 0 Å². The lowest BCUT2D eigenvalue weighted by Gasteiger charge is -2.18. The zero-order chi connectivity index (χ0) is 14.6. The van der Waals surface area contributed by atoms with Crippen molar-refractivity contribution in [3.63, 3.8) is 0 Å². The second-order valence-electron chi connectivity index (χ2n) is 4.71. The van der Waals surface area contributed by atoms with Gasteiger partial charge in [-0.15, -0.1) is 0 Å². The Morgan fingerprint density at radius 1 is 1.42 bits per heavy atom. The maximum Gasteiger partial charge on any atom is 0.243 e. The molecule has 0 amide bonds. The van der Waals surface area contributed by atoms with E-state index in [4.69, 9.17) is 0 Å². The van der Waals surface area contributed by atoms with Gasteiger partial charge in [-0.3, -0.25) is 0 Å². The van der Waals surface area contributed by atoms with Gasteiger partial charge in [0, 0.05) is 10.5 Å². The molecule has 0 saturated heterocycles. The van der Waals surface area contributed by atoms with Crippen LogP contribution in [-0.2, 0) is 10.0 Å². The second kappa shape index (κ2) is 6.78. The van der Waals surface area contributed by atoms with Crippen LogP contribution in [-0.4, -0.2) is 26.2 Å². The van der Waals surface area contributed by atoms with Crippen LogP contribution in [0.3, 0.4) is 0 Å². The minimum Gasteiger partial charge on any atom is -0.395 e. The molecule has 0 spiro atoms. The number of aliphatic hydroxyl groups is 1. The molecule has 0 heterocycles. The number of rotatable bonds is 6. The van der Waals surface area contributed by atoms with Crippen molar-refractivity contribution in [2.45, 2.75) is 31.2 Å². The highest BCUT2D eigenvalue weighted by Gasteiger charge is 2.23. The van der Waals surface area contributed by atoms with Gasteiger partial charge in [0.25, 0.3) is 0 Å². The first kappa shape index (κ1) is 16.6. The molecular weight excluding hydrogens is 337 g/mol. The summed E-state index contributed by atoms with van der Waals surface area (Å²) in [6, 6.07) is 3.11. The molecule has 7 heteroatoms. The van der Waals surface area contributed by atoms with E-state index in [9.17, 15) is 17.9 Å². The zero-order valence-corrected chi connectivity index (χ0v) is 13.1. The van der Waals surface area contributed by atoms with Crippen LogP contribution >= 0.6 is 15.9 Å². The third kappa shape index (κ3) is 4.83. The van der Waals surface area contributed by atoms with Crippen molar-refractivity contribution in [2.24, 2.45) is 5.92 Å². The predicted molar refractivity (Wildman–Crippen MR) is 74.8 cm³/mol. The lowest BCUT2D eigenvalue weighted by molar-refractivity contribution is 0.240. The van der Waals surface area contributed by atoms with E-state index in [1.165, 1.54) is 12.1 Å². The van der Waals surface area contributed by atoms with Crippen LogP contribution in [0, 0.1) is 11.7 Å². The average molecular weight is 354 g/mol. The normalized spacial score (nSPS) is 13.8. The third-order valence-corrected chi connectivity index (χ3v) is 4.53. The molecule has 0 fully saturated rings. The smallest absolute Gasteiger partial charge is 0.243 e. The summed E-state index contributed by atoms with van der Waals surface area (Å²) >= 11 is 3.07. The van der Waals surface area contributed by atoms with Crippen LogP contribution in [0.25, 0.3) is 0 Å². The fraction of sp³-hybridized carbons (Fsp3) is 0.500. The largest absolute Gasteiger partial charge is 0.395 e. The summed E-state index contributed by atoms with van der Waals surface area (Å²) in [6.07, 6.45) is 0.480. The number of hydrogen-bond acceptors (Lipinski definition) is 3. The van der Waals surface area contributed by atoms with Gasteiger partial charge < -0.3 is 5.11 Å². The van der Waals surface area contributed by atoms with Gasteiger partial charge >= 0.3 is 0 Å². The highest BCUT2D eigenvalue weighted by molar-refractivity contribution is 9.10. The number of sulfonamides is 1. The third-order valence-electron chi connectivity index (χ3n) is 2.48. The fourth-order valence-electron chi connectivity index (χ4n) is 1.70. The Labute approximate surface area is 121 Å². The van der Waals surface area contributed by atoms with E-state index in [1.54, 1.807) is 0 Å². The summed E-state index contributed by atoms with van der Waals surface area (Å²) in [6.45, 7) is 3.50. The van der Waals surface area contributed by atoms with E-state index in [-0.39, 0.29) is 12.5 Å². The summed E-state index contributed by atoms with van der Waals surface area (Å²) in [5.41, 5.74) is 0. The van der Waals surface area contributed by atoms with Gasteiger partial charge in [-0.05, 0) is 30.5 Å². The number of nitrogens with one attached hydrogen (secondary N) is 1. The van der Waals surface area contributed by atoms with E-state index < -0.39 is 26.8 Å². The molecule has 0 aliphatic carbocycles. The highest BCUT2D eigenvalue weighted by Crippen LogP contribution is 2.20. The van der Waals surface area contributed by atoms with E-state index in [0.717, 1.165) is 6.07 Å². The summed E-state index contributed by atoms with van der Waals surface area (Å²) in [5, 5.41) is 9.17. The molecule has 0 aliphatic heterocycles. The molecular formula is C12H17BrFNO3S. The minimum atomic E-state index is -3.97. The molecule has 0 aliphatic rings. The first-order chi connectivity index (χ1) is 8.76. The molecule has 4 nitrogen and oxygen atoms in total. The predicted octanol–water partition coefficient (Wildman–Crippen LogP) is 2.27. The zero-order valence-electron chi connectivity index (χ0n) is 10.7. The Morgan fingerprint density at radius 3 is 2.53 bits per heavy atom. The SMILES string of the molecule is CC(C)CC(CO)NS(=O)(=O)c1ccc(Br)cc1F. The number of benzene rings is 1. The molecule has 19 heavy (non-hydrogen) atoms. The van der Waals surface area contributed by atoms with Crippen LogP contribution in [0.15, 0.2) is 27.6 Å². The van der Waals surface area contributed by atoms with Crippen molar-refractivity contribution >= 4 is 26.0 Å². The first-order valence-electron chi connectivity index (χ1n) is 5.84. The van der Waals surface area contributed by atoms with Crippen LogP contribution < -0.4 is 4.72 Å². The van der Waals surface area contributed by atoms with Crippen molar-refractivity contribution < 1.29 is 17.9 Å². The average Bonchev–Trinajstić information content (AvgIpc) is 2.26. The first-order valence-corrected chi connectivity index (χ1v) is 8.12. The summed E-state index contributed by atoms with van der Waals surface area (Å²) in [5.74, 6) is -0.613. The highest BCUT2D eigenvalue weighted by atomic mass is 79.9. The van der Waals surface area contributed by atoms with Gasteiger partial charge in [0.15, 0.2) is 0 Å². The molecule has 0 bridgehead atoms. The Hall–Kier alpha value is -0.500. The monoisotopic (exact) mass is 353 g/mol. The van der Waals surface area contributed by atoms with E-state index in [1.807, 2.05) is 13.8 Å². The molecule has 1 atom stereocenters. The van der Waals surface area contributed by atoms with Gasteiger partial charge in [-0.25, -0.2) is 17.5 Å². The topological polar surface area (TPSA) is 66.4 Å². The van der Waals surface area contributed by atoms with Crippen molar-refractivity contribution in [3.05, 3.63) is 28.5 Å². The molecule has 2 N–H and O–H groups in total. The van der Waals surface area contributed by atoms with Crippen molar-refractivity contribution in [1.29, 1.82) is 0 Å². The molecule has 1 aromatic rings. The number of halogens is 2.